The number of halogens is 1. The molecule has 2 saturated heterocycles. The van der Waals surface area contributed by atoms with Crippen LogP contribution in [0.4, 0.5) is 0 Å². The first kappa shape index (κ1) is 16.1. The number of carbonyl (C=O) groups excluding carboxylic acids is 1. The third-order valence-corrected chi connectivity index (χ3v) is 4.78. The lowest BCUT2D eigenvalue weighted by Crippen LogP contribution is -2.44. The number of hydrogen-bond acceptors (Lipinski definition) is 3. The smallest absolute Gasteiger partial charge is 0.257 e. The Kier molecular flexibility index (Phi) is 5.12. The number of ether oxygens (including phenoxy) is 1. The fourth-order valence-electron chi connectivity index (χ4n) is 3.40. The Balaban J connectivity index is 0.00000161. The molecular weight excluding hydrogens is 288 g/mol. The average molecular weight is 311 g/mol. The molecule has 5 heteroatoms. The monoisotopic (exact) mass is 310 g/mol. The summed E-state index contributed by atoms with van der Waals surface area (Å²) >= 11 is 0. The van der Waals surface area contributed by atoms with Gasteiger partial charge in [-0.2, -0.15) is 0 Å². The number of rotatable bonds is 2. The Morgan fingerprint density at radius 1 is 1.24 bits per heavy atom. The van der Waals surface area contributed by atoms with Gasteiger partial charge in [-0.1, -0.05) is 12.1 Å². The van der Waals surface area contributed by atoms with Gasteiger partial charge in [-0.25, -0.2) is 0 Å². The molecule has 1 aromatic rings. The van der Waals surface area contributed by atoms with Crippen LogP contribution in [0.5, 0.6) is 5.75 Å². The Bertz CT molecular complexity index is 491. The van der Waals surface area contributed by atoms with Crippen LogP contribution in [0.3, 0.4) is 0 Å². The lowest BCUT2D eigenvalue weighted by molar-refractivity contribution is 0.0604. The van der Waals surface area contributed by atoms with Crippen molar-refractivity contribution in [3.63, 3.8) is 0 Å². The number of amides is 1. The topological polar surface area (TPSA) is 41.6 Å². The quantitative estimate of drug-likeness (QED) is 0.911. The number of benzene rings is 1. The van der Waals surface area contributed by atoms with Crippen LogP contribution in [-0.4, -0.2) is 44.1 Å². The van der Waals surface area contributed by atoms with Gasteiger partial charge in [0.2, 0.25) is 0 Å². The molecule has 1 spiro atoms. The van der Waals surface area contributed by atoms with Gasteiger partial charge in [0.05, 0.1) is 12.7 Å². The van der Waals surface area contributed by atoms with Crippen molar-refractivity contribution in [2.75, 3.05) is 33.3 Å². The third kappa shape index (κ3) is 3.16. The lowest BCUT2D eigenvalue weighted by Gasteiger charge is -2.39. The van der Waals surface area contributed by atoms with Gasteiger partial charge in [-0.15, -0.1) is 12.4 Å². The summed E-state index contributed by atoms with van der Waals surface area (Å²) in [6, 6.07) is 7.48. The highest BCUT2D eigenvalue weighted by atomic mass is 35.5. The summed E-state index contributed by atoms with van der Waals surface area (Å²) in [5.41, 5.74) is 1.12. The van der Waals surface area contributed by atoms with Gasteiger partial charge in [0.25, 0.3) is 5.91 Å². The van der Waals surface area contributed by atoms with E-state index < -0.39 is 0 Å². The normalized spacial score (nSPS) is 20.1. The van der Waals surface area contributed by atoms with Crippen molar-refractivity contribution in [1.29, 1.82) is 0 Å². The molecule has 116 valence electrons. The van der Waals surface area contributed by atoms with Crippen molar-refractivity contribution in [2.45, 2.75) is 19.3 Å². The van der Waals surface area contributed by atoms with Crippen LogP contribution < -0.4 is 10.1 Å². The van der Waals surface area contributed by atoms with E-state index in [9.17, 15) is 4.79 Å². The Morgan fingerprint density at radius 2 is 1.95 bits per heavy atom. The molecule has 2 aliphatic rings. The predicted molar refractivity (Wildman–Crippen MR) is 85.3 cm³/mol. The van der Waals surface area contributed by atoms with Crippen LogP contribution in [0, 0.1) is 5.41 Å². The molecule has 4 nitrogen and oxygen atoms in total. The summed E-state index contributed by atoms with van der Waals surface area (Å²) < 4.78 is 5.29. The Hall–Kier alpha value is -1.26. The van der Waals surface area contributed by atoms with Gasteiger partial charge >= 0.3 is 0 Å². The van der Waals surface area contributed by atoms with E-state index in [-0.39, 0.29) is 18.3 Å². The fraction of sp³-hybridized carbons (Fsp3) is 0.562. The van der Waals surface area contributed by atoms with E-state index in [4.69, 9.17) is 4.74 Å². The molecule has 21 heavy (non-hydrogen) atoms. The van der Waals surface area contributed by atoms with Crippen LogP contribution in [0.2, 0.25) is 0 Å². The molecule has 2 heterocycles. The summed E-state index contributed by atoms with van der Waals surface area (Å²) in [6.07, 6.45) is 3.48. The average Bonchev–Trinajstić information content (AvgIpc) is 2.95. The molecule has 0 bridgehead atoms. The molecule has 1 N–H and O–H groups in total. The molecule has 1 aromatic carbocycles. The van der Waals surface area contributed by atoms with Crippen LogP contribution in [0.15, 0.2) is 24.3 Å². The minimum Gasteiger partial charge on any atom is -0.496 e. The zero-order valence-electron chi connectivity index (χ0n) is 12.4. The van der Waals surface area contributed by atoms with Crippen LogP contribution in [-0.2, 0) is 0 Å². The summed E-state index contributed by atoms with van der Waals surface area (Å²) in [5.74, 6) is 0.767. The van der Waals surface area contributed by atoms with E-state index in [2.05, 4.69) is 5.32 Å². The molecule has 2 fully saturated rings. The van der Waals surface area contributed by atoms with E-state index in [1.807, 2.05) is 29.2 Å². The largest absolute Gasteiger partial charge is 0.496 e. The van der Waals surface area contributed by atoms with Gasteiger partial charge in [0, 0.05) is 19.6 Å². The maximum Gasteiger partial charge on any atom is 0.257 e. The van der Waals surface area contributed by atoms with Crippen molar-refractivity contribution in [2.24, 2.45) is 5.41 Å². The van der Waals surface area contributed by atoms with Gasteiger partial charge in [0.1, 0.15) is 5.75 Å². The van der Waals surface area contributed by atoms with Crippen LogP contribution >= 0.6 is 12.4 Å². The standard InChI is InChI=1S/C16H22N2O2.ClH/c1-20-14-5-3-2-4-13(14)15(19)18-10-7-16(8-11-18)6-9-17-12-16;/h2-5,17H,6-12H2,1H3;1H. The van der Waals surface area contributed by atoms with Crippen LogP contribution in [0.1, 0.15) is 29.6 Å². The highest BCUT2D eigenvalue weighted by molar-refractivity contribution is 5.97. The van der Waals surface area contributed by atoms with Crippen molar-refractivity contribution in [3.8, 4) is 5.75 Å². The van der Waals surface area contributed by atoms with Crippen LogP contribution in [0.25, 0.3) is 0 Å². The third-order valence-electron chi connectivity index (χ3n) is 4.78. The molecule has 2 aliphatic heterocycles. The molecule has 0 aliphatic carbocycles. The van der Waals surface area contributed by atoms with E-state index in [0.717, 1.165) is 39.0 Å². The van der Waals surface area contributed by atoms with Crippen molar-refractivity contribution in [3.05, 3.63) is 29.8 Å². The first-order valence-corrected chi connectivity index (χ1v) is 7.37. The number of para-hydroxylation sites is 1. The van der Waals surface area contributed by atoms with Gasteiger partial charge in [-0.3, -0.25) is 4.79 Å². The molecule has 0 saturated carbocycles. The molecule has 0 atom stereocenters. The van der Waals surface area contributed by atoms with E-state index in [1.165, 1.54) is 6.42 Å². The van der Waals surface area contributed by atoms with Crippen molar-refractivity contribution < 1.29 is 9.53 Å². The molecular formula is C16H23ClN2O2. The predicted octanol–water partition coefficient (Wildman–Crippen LogP) is 2.33. The molecule has 3 rings (SSSR count). The highest BCUT2D eigenvalue weighted by Gasteiger charge is 2.38. The van der Waals surface area contributed by atoms with Gasteiger partial charge < -0.3 is 15.0 Å². The zero-order chi connectivity index (χ0) is 14.0. The first-order chi connectivity index (χ1) is 9.74. The second-order valence-electron chi connectivity index (χ2n) is 5.92. The maximum absolute atomic E-state index is 12.6. The molecule has 0 unspecified atom stereocenters. The Labute approximate surface area is 132 Å². The number of methoxy groups -OCH3 is 1. The summed E-state index contributed by atoms with van der Waals surface area (Å²) in [4.78, 5) is 14.6. The van der Waals surface area contributed by atoms with E-state index in [0.29, 0.717) is 16.7 Å². The second kappa shape index (κ2) is 6.67. The van der Waals surface area contributed by atoms with Gasteiger partial charge in [-0.05, 0) is 43.4 Å². The van der Waals surface area contributed by atoms with E-state index >= 15 is 0 Å². The number of nitrogens with zero attached hydrogens (tertiary/aromatic N) is 1. The second-order valence-corrected chi connectivity index (χ2v) is 5.92. The number of carbonyl (C=O) groups is 1. The number of likely N-dealkylation sites (tertiary alicyclic amines) is 1. The lowest BCUT2D eigenvalue weighted by atomic mass is 9.78. The van der Waals surface area contributed by atoms with E-state index in [1.54, 1.807) is 7.11 Å². The number of piperidine rings is 1. The van der Waals surface area contributed by atoms with Gasteiger partial charge in [0.15, 0.2) is 0 Å². The highest BCUT2D eigenvalue weighted by Crippen LogP contribution is 2.37. The number of nitrogens with one attached hydrogen (secondary N) is 1. The summed E-state index contributed by atoms with van der Waals surface area (Å²) in [7, 11) is 1.61. The summed E-state index contributed by atoms with van der Waals surface area (Å²) in [5, 5.41) is 3.45. The first-order valence-electron chi connectivity index (χ1n) is 7.37. The summed E-state index contributed by atoms with van der Waals surface area (Å²) in [6.45, 7) is 3.96. The zero-order valence-corrected chi connectivity index (χ0v) is 13.2. The minimum absolute atomic E-state index is 0. The maximum atomic E-state index is 12.6. The molecule has 1 amide bonds. The Morgan fingerprint density at radius 3 is 2.57 bits per heavy atom. The van der Waals surface area contributed by atoms with Crippen molar-refractivity contribution in [1.82, 2.24) is 10.2 Å². The SMILES string of the molecule is COc1ccccc1C(=O)N1CCC2(CCNC2)CC1.Cl. The minimum atomic E-state index is 0. The molecule has 0 radical (unpaired) electrons. The molecule has 0 aromatic heterocycles. The van der Waals surface area contributed by atoms with Crippen molar-refractivity contribution >= 4 is 18.3 Å². The fourth-order valence-corrected chi connectivity index (χ4v) is 3.40. The number of hydrogen-bond donors (Lipinski definition) is 1.